The van der Waals surface area contributed by atoms with E-state index in [0.29, 0.717) is 12.4 Å². The summed E-state index contributed by atoms with van der Waals surface area (Å²) in [6.45, 7) is 2.57. The fraction of sp³-hybridized carbons (Fsp3) is 0.500. The lowest BCUT2D eigenvalue weighted by atomic mass is 10.3. The molecule has 5 nitrogen and oxygen atoms in total. The first-order valence-electron chi connectivity index (χ1n) is 4.03. The molecular formula is C8H13N3O2. The number of nitrogens with one attached hydrogen (secondary N) is 2. The van der Waals surface area contributed by atoms with Crippen LogP contribution in [-0.4, -0.2) is 30.0 Å². The van der Waals surface area contributed by atoms with Gasteiger partial charge in [-0.1, -0.05) is 0 Å². The topological polar surface area (TPSA) is 67.0 Å². The first-order chi connectivity index (χ1) is 6.22. The summed E-state index contributed by atoms with van der Waals surface area (Å²) >= 11 is 0. The summed E-state index contributed by atoms with van der Waals surface area (Å²) in [5.74, 6) is 0.643. The van der Waals surface area contributed by atoms with Gasteiger partial charge in [0, 0.05) is 19.2 Å². The number of aromatic amines is 1. The Labute approximate surface area is 76.1 Å². The van der Waals surface area contributed by atoms with E-state index < -0.39 is 0 Å². The Hall–Kier alpha value is -1.36. The van der Waals surface area contributed by atoms with Gasteiger partial charge in [0.05, 0.1) is 6.61 Å². The fourth-order valence-corrected chi connectivity index (χ4v) is 0.969. The highest BCUT2D eigenvalue weighted by molar-refractivity contribution is 5.32. The third-order valence-corrected chi connectivity index (χ3v) is 1.49. The van der Waals surface area contributed by atoms with Crippen molar-refractivity contribution in [1.82, 2.24) is 10.2 Å². The highest BCUT2D eigenvalue weighted by Crippen LogP contribution is 1.99. The molecule has 1 rings (SSSR count). The van der Waals surface area contributed by atoms with E-state index in [0.717, 1.165) is 0 Å². The van der Waals surface area contributed by atoms with Crippen LogP contribution < -0.4 is 10.9 Å². The van der Waals surface area contributed by atoms with E-state index in [9.17, 15) is 4.79 Å². The number of ether oxygens (including phenoxy) is 1. The average molecular weight is 183 g/mol. The van der Waals surface area contributed by atoms with E-state index in [4.69, 9.17) is 4.74 Å². The van der Waals surface area contributed by atoms with Crippen molar-refractivity contribution in [2.75, 3.05) is 19.0 Å². The molecule has 1 atom stereocenters. The van der Waals surface area contributed by atoms with Crippen LogP contribution in [0.2, 0.25) is 0 Å². The third kappa shape index (κ3) is 3.25. The van der Waals surface area contributed by atoms with E-state index in [-0.39, 0.29) is 11.6 Å². The van der Waals surface area contributed by atoms with E-state index in [1.54, 1.807) is 13.2 Å². The summed E-state index contributed by atoms with van der Waals surface area (Å²) in [6.07, 6.45) is 0. The monoisotopic (exact) mass is 183 g/mol. The quantitative estimate of drug-likeness (QED) is 0.700. The van der Waals surface area contributed by atoms with Gasteiger partial charge in [-0.15, -0.1) is 0 Å². The zero-order valence-electron chi connectivity index (χ0n) is 7.70. The maximum atomic E-state index is 10.7. The number of aromatic nitrogens is 2. The van der Waals surface area contributed by atoms with Gasteiger partial charge in [-0.2, -0.15) is 5.10 Å². The van der Waals surface area contributed by atoms with Gasteiger partial charge in [0.15, 0.2) is 0 Å². The van der Waals surface area contributed by atoms with Crippen molar-refractivity contribution in [1.29, 1.82) is 0 Å². The molecule has 0 aromatic carbocycles. The van der Waals surface area contributed by atoms with E-state index in [2.05, 4.69) is 15.5 Å². The average Bonchev–Trinajstić information content (AvgIpc) is 2.09. The molecular weight excluding hydrogens is 170 g/mol. The number of rotatable bonds is 4. The first-order valence-corrected chi connectivity index (χ1v) is 4.03. The Bertz CT molecular complexity index is 290. The van der Waals surface area contributed by atoms with Crippen LogP contribution in [-0.2, 0) is 4.74 Å². The molecule has 2 N–H and O–H groups in total. The molecule has 0 amide bonds. The van der Waals surface area contributed by atoms with E-state index in [1.165, 1.54) is 6.07 Å². The normalized spacial score (nSPS) is 12.5. The summed E-state index contributed by atoms with van der Waals surface area (Å²) in [5.41, 5.74) is -0.204. The number of hydrogen-bond donors (Lipinski definition) is 2. The standard InChI is InChI=1S/C8H13N3O2/c1-6(5-13-2)9-7-3-4-8(12)11-10-7/h3-4,6H,5H2,1-2H3,(H,9,10)(H,11,12)/t6-/m1/s1. The lowest BCUT2D eigenvalue weighted by Gasteiger charge is -2.12. The van der Waals surface area contributed by atoms with E-state index in [1.807, 2.05) is 6.92 Å². The number of methoxy groups -OCH3 is 1. The second-order valence-electron chi connectivity index (χ2n) is 2.81. The van der Waals surface area contributed by atoms with Crippen LogP contribution in [0.25, 0.3) is 0 Å². The maximum Gasteiger partial charge on any atom is 0.264 e. The SMILES string of the molecule is COC[C@@H](C)Nc1ccc(=O)[nH]n1. The molecule has 72 valence electrons. The van der Waals surface area contributed by atoms with Crippen LogP contribution in [0.15, 0.2) is 16.9 Å². The lowest BCUT2D eigenvalue weighted by Crippen LogP contribution is -2.22. The van der Waals surface area contributed by atoms with Crippen LogP contribution in [0.5, 0.6) is 0 Å². The summed E-state index contributed by atoms with van der Waals surface area (Å²) in [4.78, 5) is 10.7. The zero-order chi connectivity index (χ0) is 9.68. The molecule has 5 heteroatoms. The van der Waals surface area contributed by atoms with Gasteiger partial charge >= 0.3 is 0 Å². The predicted molar refractivity (Wildman–Crippen MR) is 49.8 cm³/mol. The van der Waals surface area contributed by atoms with Crippen molar-refractivity contribution in [3.05, 3.63) is 22.5 Å². The molecule has 0 aliphatic carbocycles. The number of hydrogen-bond acceptors (Lipinski definition) is 4. The van der Waals surface area contributed by atoms with Crippen LogP contribution in [0.4, 0.5) is 5.82 Å². The summed E-state index contributed by atoms with van der Waals surface area (Å²) in [5, 5.41) is 9.20. The van der Waals surface area contributed by atoms with Crippen LogP contribution in [0, 0.1) is 0 Å². The molecule has 0 aliphatic rings. The van der Waals surface area contributed by atoms with Gasteiger partial charge in [0.1, 0.15) is 5.82 Å². The minimum Gasteiger partial charge on any atom is -0.383 e. The van der Waals surface area contributed by atoms with Gasteiger partial charge in [-0.3, -0.25) is 4.79 Å². The van der Waals surface area contributed by atoms with Crippen molar-refractivity contribution in [2.24, 2.45) is 0 Å². The smallest absolute Gasteiger partial charge is 0.264 e. The molecule has 0 unspecified atom stereocenters. The molecule has 0 bridgehead atoms. The van der Waals surface area contributed by atoms with Crippen LogP contribution in [0.1, 0.15) is 6.92 Å². The Balaban J connectivity index is 2.54. The minimum absolute atomic E-state index is 0.170. The summed E-state index contributed by atoms with van der Waals surface area (Å²) in [6, 6.07) is 3.23. The number of nitrogens with zero attached hydrogens (tertiary/aromatic N) is 1. The Morgan fingerprint density at radius 3 is 3.00 bits per heavy atom. The summed E-state index contributed by atoms with van der Waals surface area (Å²) in [7, 11) is 1.64. The Kier molecular flexibility index (Phi) is 3.45. The molecule has 0 fully saturated rings. The minimum atomic E-state index is -0.204. The first kappa shape index (κ1) is 9.73. The highest BCUT2D eigenvalue weighted by Gasteiger charge is 2.01. The Morgan fingerprint density at radius 2 is 2.46 bits per heavy atom. The van der Waals surface area contributed by atoms with Gasteiger partial charge in [0.2, 0.25) is 0 Å². The zero-order valence-corrected chi connectivity index (χ0v) is 7.70. The van der Waals surface area contributed by atoms with Crippen molar-refractivity contribution >= 4 is 5.82 Å². The number of anilines is 1. The largest absolute Gasteiger partial charge is 0.383 e. The molecule has 0 spiro atoms. The summed E-state index contributed by atoms with van der Waals surface area (Å²) < 4.78 is 4.94. The molecule has 1 heterocycles. The number of H-pyrrole nitrogens is 1. The molecule has 13 heavy (non-hydrogen) atoms. The lowest BCUT2D eigenvalue weighted by molar-refractivity contribution is 0.190. The fourth-order valence-electron chi connectivity index (χ4n) is 0.969. The molecule has 1 aromatic rings. The highest BCUT2D eigenvalue weighted by atomic mass is 16.5. The predicted octanol–water partition coefficient (Wildman–Crippen LogP) is 0.217. The van der Waals surface area contributed by atoms with Crippen LogP contribution >= 0.6 is 0 Å². The van der Waals surface area contributed by atoms with Crippen molar-refractivity contribution in [3.63, 3.8) is 0 Å². The van der Waals surface area contributed by atoms with Crippen molar-refractivity contribution < 1.29 is 4.74 Å². The van der Waals surface area contributed by atoms with E-state index >= 15 is 0 Å². The van der Waals surface area contributed by atoms with Gasteiger partial charge < -0.3 is 10.1 Å². The van der Waals surface area contributed by atoms with Crippen molar-refractivity contribution in [3.8, 4) is 0 Å². The van der Waals surface area contributed by atoms with Gasteiger partial charge in [-0.25, -0.2) is 5.10 Å². The third-order valence-electron chi connectivity index (χ3n) is 1.49. The second kappa shape index (κ2) is 4.61. The van der Waals surface area contributed by atoms with Crippen LogP contribution in [0.3, 0.4) is 0 Å². The molecule has 0 aliphatic heterocycles. The maximum absolute atomic E-state index is 10.7. The molecule has 0 saturated carbocycles. The van der Waals surface area contributed by atoms with Gasteiger partial charge in [0.25, 0.3) is 5.56 Å². The van der Waals surface area contributed by atoms with Crippen molar-refractivity contribution in [2.45, 2.75) is 13.0 Å². The molecule has 0 saturated heterocycles. The molecule has 0 radical (unpaired) electrons. The Morgan fingerprint density at radius 1 is 1.69 bits per heavy atom. The van der Waals surface area contributed by atoms with Gasteiger partial charge in [-0.05, 0) is 13.0 Å². The second-order valence-corrected chi connectivity index (χ2v) is 2.81. The molecule has 1 aromatic heterocycles.